The Hall–Kier alpha value is -2.87. The van der Waals surface area contributed by atoms with Crippen LogP contribution >= 0.6 is 0 Å². The highest BCUT2D eigenvalue weighted by atomic mass is 16.5. The van der Waals surface area contributed by atoms with E-state index in [0.29, 0.717) is 30.4 Å². The van der Waals surface area contributed by atoms with Gasteiger partial charge in [-0.05, 0) is 62.8 Å². The summed E-state index contributed by atoms with van der Waals surface area (Å²) in [7, 11) is 0. The quantitative estimate of drug-likeness (QED) is 0.497. The molecule has 5 N–H and O–H groups in total. The maximum absolute atomic E-state index is 12.0. The molecule has 162 valence electrons. The highest BCUT2D eigenvalue weighted by molar-refractivity contribution is 5.96. The number of aryl methyl sites for hydroxylation is 1. The van der Waals surface area contributed by atoms with Crippen molar-refractivity contribution in [2.45, 2.75) is 64.5 Å². The summed E-state index contributed by atoms with van der Waals surface area (Å²) in [6, 6.07) is 7.67. The molecule has 1 aliphatic rings. The lowest BCUT2D eigenvalue weighted by molar-refractivity contribution is 0.0996. The van der Waals surface area contributed by atoms with Gasteiger partial charge in [-0.25, -0.2) is 9.97 Å². The number of ether oxygens (including phenoxy) is 1. The molecule has 0 bridgehead atoms. The topological polar surface area (TPSA) is 122 Å². The van der Waals surface area contributed by atoms with Gasteiger partial charge in [0.25, 0.3) is 5.91 Å². The summed E-state index contributed by atoms with van der Waals surface area (Å²) in [6.07, 6.45) is 4.61. The van der Waals surface area contributed by atoms with Crippen LogP contribution in [0.1, 0.15) is 62.1 Å². The number of nitrogens with two attached hydrogens (primary N) is 1. The van der Waals surface area contributed by atoms with Gasteiger partial charge in [-0.15, -0.1) is 0 Å². The predicted molar refractivity (Wildman–Crippen MR) is 117 cm³/mol. The van der Waals surface area contributed by atoms with Gasteiger partial charge in [0.05, 0.1) is 18.4 Å². The lowest BCUT2D eigenvalue weighted by Crippen LogP contribution is -2.29. The van der Waals surface area contributed by atoms with Crippen molar-refractivity contribution in [1.29, 1.82) is 0 Å². The molecule has 30 heavy (non-hydrogen) atoms. The molecule has 0 saturated heterocycles. The van der Waals surface area contributed by atoms with Gasteiger partial charge >= 0.3 is 0 Å². The summed E-state index contributed by atoms with van der Waals surface area (Å²) in [6.45, 7) is 4.68. The fourth-order valence-corrected chi connectivity index (χ4v) is 3.50. The van der Waals surface area contributed by atoms with E-state index in [1.165, 1.54) is 0 Å². The molecule has 8 heteroatoms. The number of aromatic nitrogens is 2. The van der Waals surface area contributed by atoms with Crippen molar-refractivity contribution < 1.29 is 14.6 Å². The van der Waals surface area contributed by atoms with Crippen LogP contribution in [0.25, 0.3) is 0 Å². The average molecular weight is 414 g/mol. The normalized spacial score (nSPS) is 18.6. The van der Waals surface area contributed by atoms with Gasteiger partial charge in [0.15, 0.2) is 11.5 Å². The van der Waals surface area contributed by atoms with E-state index < -0.39 is 5.91 Å². The minimum Gasteiger partial charge on any atom is -0.494 e. The number of amides is 1. The molecule has 8 nitrogen and oxygen atoms in total. The molecule has 3 rings (SSSR count). The number of nitrogens with one attached hydrogen (secondary N) is 2. The van der Waals surface area contributed by atoms with Crippen LogP contribution in [0.5, 0.6) is 5.75 Å². The summed E-state index contributed by atoms with van der Waals surface area (Å²) in [5.41, 5.74) is 7.14. The lowest BCUT2D eigenvalue weighted by atomic mass is 9.93. The van der Waals surface area contributed by atoms with E-state index in [9.17, 15) is 9.90 Å². The first kappa shape index (κ1) is 21.8. The van der Waals surface area contributed by atoms with Crippen molar-refractivity contribution in [2.24, 2.45) is 5.73 Å². The molecule has 1 amide bonds. The molecule has 1 aromatic heterocycles. The molecule has 1 fully saturated rings. The Labute approximate surface area is 177 Å². The summed E-state index contributed by atoms with van der Waals surface area (Å²) in [5.74, 6) is 1.12. The van der Waals surface area contributed by atoms with E-state index in [1.807, 2.05) is 31.2 Å². The number of aliphatic hydroxyl groups is 1. The van der Waals surface area contributed by atoms with Crippen molar-refractivity contribution in [3.8, 4) is 5.75 Å². The zero-order chi connectivity index (χ0) is 21.5. The summed E-state index contributed by atoms with van der Waals surface area (Å²) in [4.78, 5) is 21.2. The number of hydrogen-bond acceptors (Lipinski definition) is 7. The van der Waals surface area contributed by atoms with Gasteiger partial charge in [-0.2, -0.15) is 0 Å². The van der Waals surface area contributed by atoms with Crippen molar-refractivity contribution in [2.75, 3.05) is 17.2 Å². The number of nitrogens with zero attached hydrogens (tertiary/aromatic N) is 2. The van der Waals surface area contributed by atoms with E-state index in [-0.39, 0.29) is 17.8 Å². The molecule has 1 heterocycles. The number of rotatable bonds is 9. The molecule has 1 aliphatic carbocycles. The Morgan fingerprint density at radius 1 is 1.13 bits per heavy atom. The van der Waals surface area contributed by atoms with E-state index in [2.05, 4.69) is 27.5 Å². The summed E-state index contributed by atoms with van der Waals surface area (Å²) in [5, 5.41) is 16.4. The number of anilines is 3. The highest BCUT2D eigenvalue weighted by Gasteiger charge is 2.22. The van der Waals surface area contributed by atoms with Gasteiger partial charge < -0.3 is 26.2 Å². The minimum atomic E-state index is -0.630. The maximum Gasteiger partial charge on any atom is 0.271 e. The maximum atomic E-state index is 12.0. The Morgan fingerprint density at radius 3 is 2.43 bits per heavy atom. The van der Waals surface area contributed by atoms with Crippen LogP contribution in [0.2, 0.25) is 0 Å². The van der Waals surface area contributed by atoms with E-state index in [4.69, 9.17) is 10.5 Å². The van der Waals surface area contributed by atoms with Crippen LogP contribution in [0.15, 0.2) is 24.3 Å². The van der Waals surface area contributed by atoms with Crippen LogP contribution in [0.4, 0.5) is 17.3 Å². The van der Waals surface area contributed by atoms with Gasteiger partial charge in [0, 0.05) is 11.7 Å². The standard InChI is InChI=1S/C22H31N5O3/c1-3-13-30-17-11-7-15(8-12-17)25-22-19(20(23)29)26-18(4-2)21(27-22)24-14-5-9-16(28)10-6-14/h7-8,11-12,14,16,28H,3-6,9-10,13H2,1-2H3,(H2,23,29)(H2,24,25,27). The van der Waals surface area contributed by atoms with Gasteiger partial charge in [-0.1, -0.05) is 13.8 Å². The predicted octanol–water partition coefficient (Wildman–Crippen LogP) is 3.39. The van der Waals surface area contributed by atoms with Gasteiger partial charge in [0.2, 0.25) is 0 Å². The Kier molecular flexibility index (Phi) is 7.46. The van der Waals surface area contributed by atoms with Crippen LogP contribution in [-0.2, 0) is 6.42 Å². The van der Waals surface area contributed by atoms with E-state index in [1.54, 1.807) is 0 Å². The van der Waals surface area contributed by atoms with Crippen LogP contribution in [-0.4, -0.2) is 39.7 Å². The minimum absolute atomic E-state index is 0.114. The molecule has 1 aromatic carbocycles. The molecule has 0 spiro atoms. The van der Waals surface area contributed by atoms with Crippen molar-refractivity contribution in [3.63, 3.8) is 0 Å². The second-order valence-electron chi connectivity index (χ2n) is 7.58. The zero-order valence-electron chi connectivity index (χ0n) is 17.6. The van der Waals surface area contributed by atoms with Crippen LogP contribution < -0.4 is 21.1 Å². The van der Waals surface area contributed by atoms with Gasteiger partial charge in [-0.3, -0.25) is 4.79 Å². The monoisotopic (exact) mass is 413 g/mol. The molecule has 0 aliphatic heterocycles. The third-order valence-corrected chi connectivity index (χ3v) is 5.16. The van der Waals surface area contributed by atoms with E-state index in [0.717, 1.165) is 43.5 Å². The van der Waals surface area contributed by atoms with Gasteiger partial charge in [0.1, 0.15) is 11.6 Å². The van der Waals surface area contributed by atoms with E-state index >= 15 is 0 Å². The molecular weight excluding hydrogens is 382 g/mol. The smallest absolute Gasteiger partial charge is 0.271 e. The highest BCUT2D eigenvalue weighted by Crippen LogP contribution is 2.27. The molecule has 1 saturated carbocycles. The Morgan fingerprint density at radius 2 is 1.83 bits per heavy atom. The molecular formula is C22H31N5O3. The Bertz CT molecular complexity index is 849. The molecule has 0 atom stereocenters. The first-order chi connectivity index (χ1) is 14.5. The Balaban J connectivity index is 1.83. The lowest BCUT2D eigenvalue weighted by Gasteiger charge is -2.27. The number of benzene rings is 1. The van der Waals surface area contributed by atoms with Crippen molar-refractivity contribution >= 4 is 23.2 Å². The van der Waals surface area contributed by atoms with Crippen molar-refractivity contribution in [1.82, 2.24) is 9.97 Å². The number of primary amides is 1. The first-order valence-electron chi connectivity index (χ1n) is 10.6. The third-order valence-electron chi connectivity index (χ3n) is 5.16. The van der Waals surface area contributed by atoms with Crippen LogP contribution in [0, 0.1) is 0 Å². The second-order valence-corrected chi connectivity index (χ2v) is 7.58. The summed E-state index contributed by atoms with van der Waals surface area (Å²) >= 11 is 0. The fourth-order valence-electron chi connectivity index (χ4n) is 3.50. The fraction of sp³-hybridized carbons (Fsp3) is 0.500. The number of carbonyl (C=O) groups excluding carboxylic acids is 1. The van der Waals surface area contributed by atoms with Crippen LogP contribution in [0.3, 0.4) is 0 Å². The van der Waals surface area contributed by atoms with Crippen molar-refractivity contribution in [3.05, 3.63) is 35.7 Å². The summed E-state index contributed by atoms with van der Waals surface area (Å²) < 4.78 is 5.61. The largest absolute Gasteiger partial charge is 0.494 e. The molecule has 2 aromatic rings. The SMILES string of the molecule is CCCOc1ccc(Nc2nc(NC3CCC(O)CC3)c(CC)nc2C(N)=O)cc1. The average Bonchev–Trinajstić information content (AvgIpc) is 2.75. The first-order valence-corrected chi connectivity index (χ1v) is 10.6. The second kappa shape index (κ2) is 10.2. The zero-order valence-corrected chi connectivity index (χ0v) is 17.6. The third kappa shape index (κ3) is 5.60. The number of aliphatic hydroxyl groups excluding tert-OH is 1. The number of hydrogen-bond donors (Lipinski definition) is 4. The molecule has 0 radical (unpaired) electrons. The molecule has 0 unspecified atom stereocenters. The number of carbonyl (C=O) groups is 1.